The van der Waals surface area contributed by atoms with Crippen molar-refractivity contribution in [3.8, 4) is 0 Å². The van der Waals surface area contributed by atoms with E-state index in [0.29, 0.717) is 0 Å². The standard InChI is InChI=1S/C26H28N2O/c1-21-12-14-24(15-13-21)28(26(29)23-10-6-3-7-11-23)25-16-18-27(19-17-25)20-22-8-4-2-5-9-22/h2-15,25H,16-20H2,1H3. The minimum absolute atomic E-state index is 0.0935. The van der Waals surface area contributed by atoms with Crippen LogP contribution < -0.4 is 4.90 Å². The number of hydrogen-bond donors (Lipinski definition) is 0. The van der Waals surface area contributed by atoms with Gasteiger partial charge in [-0.25, -0.2) is 0 Å². The van der Waals surface area contributed by atoms with Crippen LogP contribution in [0.5, 0.6) is 0 Å². The third-order valence-corrected chi connectivity index (χ3v) is 5.72. The zero-order valence-corrected chi connectivity index (χ0v) is 17.0. The zero-order chi connectivity index (χ0) is 20.1. The minimum atomic E-state index is 0.0935. The molecule has 0 radical (unpaired) electrons. The number of benzene rings is 3. The number of rotatable bonds is 5. The van der Waals surface area contributed by atoms with E-state index in [-0.39, 0.29) is 11.9 Å². The fourth-order valence-electron chi connectivity index (χ4n) is 4.10. The van der Waals surface area contributed by atoms with E-state index >= 15 is 0 Å². The van der Waals surface area contributed by atoms with Gasteiger partial charge in [0.15, 0.2) is 0 Å². The average Bonchev–Trinajstić information content (AvgIpc) is 2.78. The number of anilines is 1. The maximum atomic E-state index is 13.4. The Balaban J connectivity index is 1.51. The van der Waals surface area contributed by atoms with Crippen LogP contribution in [0.25, 0.3) is 0 Å². The van der Waals surface area contributed by atoms with Crippen molar-refractivity contribution in [3.63, 3.8) is 0 Å². The zero-order valence-electron chi connectivity index (χ0n) is 17.0. The molecule has 0 N–H and O–H groups in total. The normalized spacial score (nSPS) is 15.2. The number of amides is 1. The van der Waals surface area contributed by atoms with Crippen molar-refractivity contribution in [2.75, 3.05) is 18.0 Å². The van der Waals surface area contributed by atoms with Gasteiger partial charge < -0.3 is 4.90 Å². The number of carbonyl (C=O) groups is 1. The van der Waals surface area contributed by atoms with Crippen LogP contribution in [0, 0.1) is 6.92 Å². The van der Waals surface area contributed by atoms with Gasteiger partial charge in [-0.05, 0) is 49.6 Å². The van der Waals surface area contributed by atoms with Crippen molar-refractivity contribution >= 4 is 11.6 Å². The fourth-order valence-corrected chi connectivity index (χ4v) is 4.10. The highest BCUT2D eigenvalue weighted by atomic mass is 16.2. The van der Waals surface area contributed by atoms with Crippen LogP contribution in [-0.4, -0.2) is 29.9 Å². The van der Waals surface area contributed by atoms with Crippen molar-refractivity contribution in [2.45, 2.75) is 32.4 Å². The van der Waals surface area contributed by atoms with Gasteiger partial charge in [-0.15, -0.1) is 0 Å². The number of hydrogen-bond acceptors (Lipinski definition) is 2. The maximum Gasteiger partial charge on any atom is 0.258 e. The van der Waals surface area contributed by atoms with Crippen molar-refractivity contribution < 1.29 is 4.79 Å². The van der Waals surface area contributed by atoms with E-state index in [9.17, 15) is 4.79 Å². The molecule has 3 aromatic rings. The smallest absolute Gasteiger partial charge is 0.258 e. The molecule has 1 aliphatic rings. The Hall–Kier alpha value is -2.91. The van der Waals surface area contributed by atoms with Crippen LogP contribution in [0.3, 0.4) is 0 Å². The molecular weight excluding hydrogens is 356 g/mol. The van der Waals surface area contributed by atoms with Crippen molar-refractivity contribution in [2.24, 2.45) is 0 Å². The summed E-state index contributed by atoms with van der Waals surface area (Å²) in [4.78, 5) is 17.9. The molecule has 1 amide bonds. The first-order chi connectivity index (χ1) is 14.2. The molecule has 0 atom stereocenters. The number of aryl methyl sites for hydroxylation is 1. The Labute approximate surface area is 173 Å². The summed E-state index contributed by atoms with van der Waals surface area (Å²) in [6, 6.07) is 28.8. The summed E-state index contributed by atoms with van der Waals surface area (Å²) in [5, 5.41) is 0. The molecule has 4 rings (SSSR count). The Bertz CT molecular complexity index is 914. The van der Waals surface area contributed by atoms with Crippen LogP contribution in [-0.2, 0) is 6.54 Å². The summed E-state index contributed by atoms with van der Waals surface area (Å²) in [6.07, 6.45) is 1.97. The molecule has 0 bridgehead atoms. The van der Waals surface area contributed by atoms with Gasteiger partial charge in [0.05, 0.1) is 0 Å². The summed E-state index contributed by atoms with van der Waals surface area (Å²) in [6.45, 7) is 5.06. The van der Waals surface area contributed by atoms with Gasteiger partial charge in [0.2, 0.25) is 0 Å². The van der Waals surface area contributed by atoms with E-state index in [4.69, 9.17) is 0 Å². The van der Waals surface area contributed by atoms with E-state index in [1.807, 2.05) is 35.2 Å². The molecular formula is C26H28N2O. The van der Waals surface area contributed by atoms with Crippen molar-refractivity contribution in [3.05, 3.63) is 102 Å². The van der Waals surface area contributed by atoms with Crippen molar-refractivity contribution in [1.82, 2.24) is 4.90 Å². The van der Waals surface area contributed by atoms with E-state index in [1.165, 1.54) is 11.1 Å². The molecule has 0 spiro atoms. The number of likely N-dealkylation sites (tertiary alicyclic amines) is 1. The molecule has 1 heterocycles. The molecule has 0 saturated carbocycles. The highest BCUT2D eigenvalue weighted by Crippen LogP contribution is 2.27. The van der Waals surface area contributed by atoms with Crippen LogP contribution in [0.1, 0.15) is 34.3 Å². The van der Waals surface area contributed by atoms with Gasteiger partial charge >= 0.3 is 0 Å². The van der Waals surface area contributed by atoms with E-state index < -0.39 is 0 Å². The lowest BCUT2D eigenvalue weighted by molar-refractivity contribution is 0.0958. The Kier molecular flexibility index (Phi) is 6.06. The monoisotopic (exact) mass is 384 g/mol. The highest BCUT2D eigenvalue weighted by Gasteiger charge is 2.29. The molecule has 1 aliphatic heterocycles. The lowest BCUT2D eigenvalue weighted by atomic mass is 10.00. The first kappa shape index (κ1) is 19.4. The SMILES string of the molecule is Cc1ccc(N(C(=O)c2ccccc2)C2CCN(Cc3ccccc3)CC2)cc1. The van der Waals surface area contributed by atoms with Gasteiger partial charge in [0, 0.05) is 36.9 Å². The van der Waals surface area contributed by atoms with Crippen LogP contribution >= 0.6 is 0 Å². The number of nitrogens with zero attached hydrogens (tertiary/aromatic N) is 2. The summed E-state index contributed by atoms with van der Waals surface area (Å²) in [5.74, 6) is 0.0935. The summed E-state index contributed by atoms with van der Waals surface area (Å²) >= 11 is 0. The average molecular weight is 385 g/mol. The summed E-state index contributed by atoms with van der Waals surface area (Å²) in [7, 11) is 0. The first-order valence-corrected chi connectivity index (χ1v) is 10.4. The first-order valence-electron chi connectivity index (χ1n) is 10.4. The largest absolute Gasteiger partial charge is 0.305 e. The van der Waals surface area contributed by atoms with E-state index in [2.05, 4.69) is 66.4 Å². The molecule has 0 aliphatic carbocycles. The molecule has 1 saturated heterocycles. The third-order valence-electron chi connectivity index (χ3n) is 5.72. The van der Waals surface area contributed by atoms with E-state index in [1.54, 1.807) is 0 Å². The van der Waals surface area contributed by atoms with Gasteiger partial charge in [0.1, 0.15) is 0 Å². The lowest BCUT2D eigenvalue weighted by Crippen LogP contribution is -2.47. The highest BCUT2D eigenvalue weighted by molar-refractivity contribution is 6.06. The lowest BCUT2D eigenvalue weighted by Gasteiger charge is -2.38. The van der Waals surface area contributed by atoms with E-state index in [0.717, 1.165) is 43.7 Å². The van der Waals surface area contributed by atoms with Crippen LogP contribution in [0.2, 0.25) is 0 Å². The summed E-state index contributed by atoms with van der Waals surface area (Å²) < 4.78 is 0. The van der Waals surface area contributed by atoms with Crippen LogP contribution in [0.4, 0.5) is 5.69 Å². The molecule has 3 aromatic carbocycles. The second-order valence-corrected chi connectivity index (χ2v) is 7.87. The second-order valence-electron chi connectivity index (χ2n) is 7.87. The van der Waals surface area contributed by atoms with Gasteiger partial charge in [0.25, 0.3) is 5.91 Å². The maximum absolute atomic E-state index is 13.4. The predicted molar refractivity (Wildman–Crippen MR) is 119 cm³/mol. The predicted octanol–water partition coefficient (Wildman–Crippen LogP) is 5.31. The topological polar surface area (TPSA) is 23.6 Å². The molecule has 0 aromatic heterocycles. The third kappa shape index (κ3) is 4.75. The molecule has 1 fully saturated rings. The molecule has 148 valence electrons. The Morgan fingerprint density at radius 2 is 1.45 bits per heavy atom. The summed E-state index contributed by atoms with van der Waals surface area (Å²) in [5.41, 5.74) is 4.30. The van der Waals surface area contributed by atoms with Gasteiger partial charge in [-0.1, -0.05) is 66.2 Å². The molecule has 3 heteroatoms. The molecule has 0 unspecified atom stereocenters. The Morgan fingerprint density at radius 3 is 2.07 bits per heavy atom. The second kappa shape index (κ2) is 9.06. The number of carbonyl (C=O) groups excluding carboxylic acids is 1. The quantitative estimate of drug-likeness (QED) is 0.595. The van der Waals surface area contributed by atoms with Gasteiger partial charge in [-0.2, -0.15) is 0 Å². The van der Waals surface area contributed by atoms with Crippen LogP contribution in [0.15, 0.2) is 84.9 Å². The van der Waals surface area contributed by atoms with Gasteiger partial charge in [-0.3, -0.25) is 9.69 Å². The minimum Gasteiger partial charge on any atom is -0.305 e. The molecule has 3 nitrogen and oxygen atoms in total. The fraction of sp³-hybridized carbons (Fsp3) is 0.269. The Morgan fingerprint density at radius 1 is 0.862 bits per heavy atom. The number of piperidine rings is 1. The molecule has 29 heavy (non-hydrogen) atoms. The van der Waals surface area contributed by atoms with Crippen molar-refractivity contribution in [1.29, 1.82) is 0 Å².